The number of aldehydes is 1. The molecule has 1 unspecified atom stereocenters. The van der Waals surface area contributed by atoms with E-state index in [9.17, 15) is 18.0 Å². The lowest BCUT2D eigenvalue weighted by Crippen LogP contribution is -2.44. The van der Waals surface area contributed by atoms with Gasteiger partial charge in [-0.15, -0.1) is 0 Å². The summed E-state index contributed by atoms with van der Waals surface area (Å²) in [6.07, 6.45) is 6.39. The van der Waals surface area contributed by atoms with Crippen molar-refractivity contribution < 1.29 is 18.0 Å². The quantitative estimate of drug-likeness (QED) is 0.321. The maximum Gasteiger partial charge on any atom is 0.304 e. The highest BCUT2D eigenvalue weighted by Crippen LogP contribution is 2.47. The van der Waals surface area contributed by atoms with Crippen LogP contribution in [0.4, 0.5) is 5.69 Å². The Hall–Kier alpha value is -3.25. The molecule has 1 aromatic heterocycles. The first kappa shape index (κ1) is 31.2. The summed E-state index contributed by atoms with van der Waals surface area (Å²) in [7, 11) is 3.39. The molecule has 1 aliphatic carbocycles. The SMILES string of the molecule is CNCCN(C)CC1Cn2c(c(C3CCCCC3)c3ccc(C(=O)NS(=O)(=O)N(C)CC=O)cc32)-c2ccccc2N1C. The highest BCUT2D eigenvalue weighted by Gasteiger charge is 2.33. The molecule has 2 aliphatic rings. The van der Waals surface area contributed by atoms with Crippen molar-refractivity contribution in [2.24, 2.45) is 0 Å². The Kier molecular flexibility index (Phi) is 9.55. The first-order valence-corrected chi connectivity index (χ1v) is 16.6. The molecule has 11 heteroatoms. The Morgan fingerprint density at radius 2 is 1.84 bits per heavy atom. The van der Waals surface area contributed by atoms with Crippen LogP contribution >= 0.6 is 0 Å². The van der Waals surface area contributed by atoms with Crippen LogP contribution in [0.5, 0.6) is 0 Å². The summed E-state index contributed by atoms with van der Waals surface area (Å²) in [6, 6.07) is 14.3. The number of nitrogens with one attached hydrogen (secondary N) is 2. The zero-order chi connectivity index (χ0) is 30.7. The van der Waals surface area contributed by atoms with Crippen molar-refractivity contribution in [3.8, 4) is 11.3 Å². The predicted octanol–water partition coefficient (Wildman–Crippen LogP) is 3.43. The van der Waals surface area contributed by atoms with E-state index < -0.39 is 16.1 Å². The van der Waals surface area contributed by atoms with Crippen LogP contribution in [0.15, 0.2) is 42.5 Å². The van der Waals surface area contributed by atoms with Gasteiger partial charge >= 0.3 is 10.2 Å². The first-order valence-electron chi connectivity index (χ1n) is 15.2. The highest BCUT2D eigenvalue weighted by atomic mass is 32.2. The van der Waals surface area contributed by atoms with Gasteiger partial charge in [-0.2, -0.15) is 12.7 Å². The summed E-state index contributed by atoms with van der Waals surface area (Å²) in [4.78, 5) is 28.9. The maximum atomic E-state index is 13.3. The summed E-state index contributed by atoms with van der Waals surface area (Å²) in [5, 5.41) is 4.37. The van der Waals surface area contributed by atoms with Gasteiger partial charge in [0.15, 0.2) is 0 Å². The van der Waals surface area contributed by atoms with Gasteiger partial charge in [0, 0.05) is 68.0 Å². The lowest BCUT2D eigenvalue weighted by molar-refractivity contribution is -0.107. The van der Waals surface area contributed by atoms with Crippen LogP contribution in [0.2, 0.25) is 0 Å². The fraction of sp³-hybridized carbons (Fsp3) is 0.500. The molecule has 0 spiro atoms. The molecule has 10 nitrogen and oxygen atoms in total. The molecule has 2 N–H and O–H groups in total. The number of fused-ring (bicyclic) bond motifs is 5. The molecule has 0 radical (unpaired) electrons. The van der Waals surface area contributed by atoms with Crippen LogP contribution in [0.25, 0.3) is 22.2 Å². The van der Waals surface area contributed by atoms with Crippen LogP contribution in [0.1, 0.15) is 53.9 Å². The Balaban J connectivity index is 1.66. The van der Waals surface area contributed by atoms with Crippen molar-refractivity contribution in [2.75, 3.05) is 59.3 Å². The Labute approximate surface area is 255 Å². The van der Waals surface area contributed by atoms with E-state index in [1.807, 2.05) is 19.2 Å². The predicted molar refractivity (Wildman–Crippen MR) is 172 cm³/mol. The Morgan fingerprint density at radius 1 is 1.09 bits per heavy atom. The fourth-order valence-electron chi connectivity index (χ4n) is 6.70. The molecule has 1 saturated carbocycles. The van der Waals surface area contributed by atoms with Crippen LogP contribution in [0, 0.1) is 0 Å². The molecule has 1 fully saturated rings. The normalized spacial score (nSPS) is 17.6. The Bertz CT molecular complexity index is 1580. The minimum absolute atomic E-state index is 0.161. The molecule has 1 amide bonds. The molecule has 2 heterocycles. The number of benzene rings is 2. The molecule has 3 aromatic rings. The third-order valence-corrected chi connectivity index (χ3v) is 10.5. The number of anilines is 1. The van der Waals surface area contributed by atoms with Crippen molar-refractivity contribution in [2.45, 2.75) is 50.6 Å². The van der Waals surface area contributed by atoms with Gasteiger partial charge < -0.3 is 24.5 Å². The van der Waals surface area contributed by atoms with E-state index in [4.69, 9.17) is 0 Å². The Morgan fingerprint density at radius 3 is 2.56 bits per heavy atom. The van der Waals surface area contributed by atoms with E-state index in [-0.39, 0.29) is 18.2 Å². The summed E-state index contributed by atoms with van der Waals surface area (Å²) >= 11 is 0. The van der Waals surface area contributed by atoms with Gasteiger partial charge in [0.05, 0.1) is 18.3 Å². The van der Waals surface area contributed by atoms with Crippen LogP contribution in [0.3, 0.4) is 0 Å². The van der Waals surface area contributed by atoms with Gasteiger partial charge in [-0.1, -0.05) is 43.5 Å². The van der Waals surface area contributed by atoms with Crippen LogP contribution in [-0.4, -0.2) is 94.8 Å². The highest BCUT2D eigenvalue weighted by molar-refractivity contribution is 7.87. The number of hydrogen-bond donors (Lipinski definition) is 2. The summed E-state index contributed by atoms with van der Waals surface area (Å²) in [5.74, 6) is -0.304. The van der Waals surface area contributed by atoms with Crippen molar-refractivity contribution in [1.29, 1.82) is 0 Å². The summed E-state index contributed by atoms with van der Waals surface area (Å²) in [6.45, 7) is 3.06. The summed E-state index contributed by atoms with van der Waals surface area (Å²) in [5.41, 5.74) is 6.13. The second kappa shape index (κ2) is 13.2. The van der Waals surface area contributed by atoms with Crippen LogP contribution in [-0.2, 0) is 21.5 Å². The van der Waals surface area contributed by atoms with Crippen molar-refractivity contribution in [3.63, 3.8) is 0 Å². The average Bonchev–Trinajstić information content (AvgIpc) is 3.26. The minimum Gasteiger partial charge on any atom is -0.368 e. The van der Waals surface area contributed by atoms with Crippen molar-refractivity contribution in [3.05, 3.63) is 53.6 Å². The van der Waals surface area contributed by atoms with E-state index in [2.05, 4.69) is 62.8 Å². The number of amides is 1. The van der Waals surface area contributed by atoms with Crippen LogP contribution < -0.4 is 14.9 Å². The second-order valence-electron chi connectivity index (χ2n) is 12.0. The van der Waals surface area contributed by atoms with E-state index in [1.165, 1.54) is 48.8 Å². The first-order chi connectivity index (χ1) is 20.7. The molecule has 2 aromatic carbocycles. The molecule has 1 aliphatic heterocycles. The maximum absolute atomic E-state index is 13.3. The molecular weight excluding hydrogens is 564 g/mol. The standard InChI is InChI=1S/C32H44N6O4S/c1-33-16-17-35(2)21-25-22-38-29-20-24(32(40)34-43(41,42)36(3)18-19-39)14-15-26(29)30(23-10-6-5-7-11-23)31(38)27-12-8-9-13-28(27)37(25)4/h8-9,12-15,19-20,23,25,33H,5-7,10-11,16-18,21-22H2,1-4H3,(H,34,40). The van der Waals surface area contributed by atoms with Gasteiger partial charge in [0.1, 0.15) is 6.29 Å². The number of para-hydroxylation sites is 1. The zero-order valence-corrected chi connectivity index (χ0v) is 26.5. The molecule has 5 rings (SSSR count). The van der Waals surface area contributed by atoms with E-state index in [1.54, 1.807) is 6.07 Å². The second-order valence-corrected chi connectivity index (χ2v) is 13.7. The van der Waals surface area contributed by atoms with E-state index >= 15 is 0 Å². The van der Waals surface area contributed by atoms with Gasteiger partial charge in [-0.05, 0) is 56.6 Å². The minimum atomic E-state index is -4.16. The zero-order valence-electron chi connectivity index (χ0n) is 25.7. The number of hydrogen-bond acceptors (Lipinski definition) is 7. The molecule has 0 bridgehead atoms. The molecule has 43 heavy (non-hydrogen) atoms. The van der Waals surface area contributed by atoms with Crippen molar-refractivity contribution in [1.82, 2.24) is 23.8 Å². The molecule has 1 atom stereocenters. The lowest BCUT2D eigenvalue weighted by Gasteiger charge is -2.32. The monoisotopic (exact) mass is 608 g/mol. The smallest absolute Gasteiger partial charge is 0.304 e. The lowest BCUT2D eigenvalue weighted by atomic mass is 9.81. The largest absolute Gasteiger partial charge is 0.368 e. The fourth-order valence-corrected chi connectivity index (χ4v) is 7.47. The average molecular weight is 609 g/mol. The third kappa shape index (κ3) is 6.35. The van der Waals surface area contributed by atoms with Crippen molar-refractivity contribution >= 4 is 39.0 Å². The van der Waals surface area contributed by atoms with Gasteiger partial charge in [-0.3, -0.25) is 4.79 Å². The number of carbonyl (C=O) groups excluding carboxylic acids is 2. The topological polar surface area (TPSA) is 107 Å². The molecule has 0 saturated heterocycles. The summed E-state index contributed by atoms with van der Waals surface area (Å²) < 4.78 is 30.7. The van der Waals surface area contributed by atoms with E-state index in [0.717, 1.165) is 54.2 Å². The number of rotatable bonds is 11. The molecular formula is C32H44N6O4S. The van der Waals surface area contributed by atoms with Gasteiger partial charge in [-0.25, -0.2) is 4.72 Å². The number of carbonyl (C=O) groups is 2. The van der Waals surface area contributed by atoms with E-state index in [0.29, 0.717) is 12.2 Å². The number of aromatic nitrogens is 1. The molecule has 232 valence electrons. The van der Waals surface area contributed by atoms with Gasteiger partial charge in [0.25, 0.3) is 5.91 Å². The number of nitrogens with zero attached hydrogens (tertiary/aromatic N) is 4. The third-order valence-electron chi connectivity index (χ3n) is 9.09. The van der Waals surface area contributed by atoms with Gasteiger partial charge in [0.2, 0.25) is 0 Å². The number of likely N-dealkylation sites (N-methyl/N-ethyl adjacent to an activating group) is 4.